The van der Waals surface area contributed by atoms with Crippen LogP contribution in [0.3, 0.4) is 0 Å². The van der Waals surface area contributed by atoms with E-state index in [1.807, 2.05) is 6.07 Å². The highest BCUT2D eigenvalue weighted by Crippen LogP contribution is 2.07. The van der Waals surface area contributed by atoms with Crippen LogP contribution in [0.25, 0.3) is 0 Å². The normalized spacial score (nSPS) is 8.56. The first-order valence-corrected chi connectivity index (χ1v) is 4.42. The van der Waals surface area contributed by atoms with Crippen LogP contribution in [0.2, 0.25) is 0 Å². The molecular weight excluding hydrogens is 209 g/mol. The molecule has 4 heteroatoms. The quantitative estimate of drug-likeness (QED) is 0.530. The number of hydrogen-bond donors (Lipinski definition) is 0. The van der Waals surface area contributed by atoms with Crippen molar-refractivity contribution in [2.24, 2.45) is 0 Å². The van der Waals surface area contributed by atoms with Crippen LogP contribution in [0.1, 0.15) is 17.5 Å². The lowest BCUT2D eigenvalue weighted by Gasteiger charge is -1.93. The lowest BCUT2D eigenvalue weighted by molar-refractivity contribution is -0.139. The van der Waals surface area contributed by atoms with Gasteiger partial charge in [0.05, 0.1) is 18.7 Å². The molecule has 0 aliphatic rings. The van der Waals surface area contributed by atoms with Gasteiger partial charge >= 0.3 is 5.97 Å². The van der Waals surface area contributed by atoms with E-state index >= 15 is 0 Å². The van der Waals surface area contributed by atoms with Gasteiger partial charge in [-0.05, 0) is 18.2 Å². The van der Waals surface area contributed by atoms with Crippen LogP contribution in [-0.2, 0) is 9.53 Å². The van der Waals surface area contributed by atoms with Crippen molar-refractivity contribution in [1.29, 1.82) is 5.26 Å². The number of nitriles is 1. The van der Waals surface area contributed by atoms with Crippen LogP contribution in [0, 0.1) is 29.0 Å². The molecule has 1 aromatic carbocycles. The molecule has 0 radical (unpaired) electrons. The summed E-state index contributed by atoms with van der Waals surface area (Å²) in [5.41, 5.74) is 0.558. The molecular formula is C12H8FNO2. The first-order chi connectivity index (χ1) is 7.65. The van der Waals surface area contributed by atoms with Crippen LogP contribution < -0.4 is 0 Å². The number of hydrogen-bond acceptors (Lipinski definition) is 3. The molecule has 0 heterocycles. The second-order valence-corrected chi connectivity index (χ2v) is 2.90. The summed E-state index contributed by atoms with van der Waals surface area (Å²) >= 11 is 0. The minimum atomic E-state index is -0.526. The number of halogens is 1. The summed E-state index contributed by atoms with van der Waals surface area (Å²) in [6, 6.07) is 5.59. The third-order valence-electron chi connectivity index (χ3n) is 1.72. The molecule has 0 saturated carbocycles. The Kier molecular flexibility index (Phi) is 4.06. The van der Waals surface area contributed by atoms with E-state index in [1.165, 1.54) is 19.2 Å². The van der Waals surface area contributed by atoms with Crippen molar-refractivity contribution < 1.29 is 13.9 Å². The predicted octanol–water partition coefficient (Wildman–Crippen LogP) is 1.61. The molecule has 0 atom stereocenters. The van der Waals surface area contributed by atoms with Crippen LogP contribution in [0.15, 0.2) is 18.2 Å². The second-order valence-electron chi connectivity index (χ2n) is 2.90. The predicted molar refractivity (Wildman–Crippen MR) is 54.6 cm³/mol. The highest BCUT2D eigenvalue weighted by molar-refractivity contribution is 5.72. The van der Waals surface area contributed by atoms with Crippen molar-refractivity contribution in [2.45, 2.75) is 6.42 Å². The highest BCUT2D eigenvalue weighted by atomic mass is 19.1. The fourth-order valence-corrected chi connectivity index (χ4v) is 1.02. The monoisotopic (exact) mass is 217 g/mol. The maximum absolute atomic E-state index is 13.0. The Morgan fingerprint density at radius 1 is 1.44 bits per heavy atom. The molecule has 0 aliphatic heterocycles. The van der Waals surface area contributed by atoms with Crippen LogP contribution in [-0.4, -0.2) is 13.1 Å². The number of methoxy groups -OCH3 is 1. The molecule has 0 unspecified atom stereocenters. The first kappa shape index (κ1) is 11.7. The Hall–Kier alpha value is -2.33. The number of rotatable bonds is 1. The molecule has 0 aliphatic carbocycles. The minimum absolute atomic E-state index is 0.0606. The zero-order valence-corrected chi connectivity index (χ0v) is 8.58. The van der Waals surface area contributed by atoms with Gasteiger partial charge in [0.15, 0.2) is 0 Å². The van der Waals surface area contributed by atoms with Crippen molar-refractivity contribution >= 4 is 5.97 Å². The average Bonchev–Trinajstić information content (AvgIpc) is 2.28. The van der Waals surface area contributed by atoms with Gasteiger partial charge < -0.3 is 4.74 Å². The van der Waals surface area contributed by atoms with Crippen LogP contribution in [0.5, 0.6) is 0 Å². The Labute approximate surface area is 92.5 Å². The molecule has 0 amide bonds. The van der Waals surface area contributed by atoms with Crippen molar-refractivity contribution in [3.8, 4) is 17.9 Å². The zero-order chi connectivity index (χ0) is 12.0. The van der Waals surface area contributed by atoms with Gasteiger partial charge in [0.25, 0.3) is 0 Å². The summed E-state index contributed by atoms with van der Waals surface area (Å²) in [6.07, 6.45) is -0.0606. The number of carbonyl (C=O) groups excluding carboxylic acids is 1. The van der Waals surface area contributed by atoms with Crippen molar-refractivity contribution in [3.63, 3.8) is 0 Å². The fraction of sp³-hybridized carbons (Fsp3) is 0.167. The van der Waals surface area contributed by atoms with Crippen molar-refractivity contribution in [1.82, 2.24) is 0 Å². The average molecular weight is 217 g/mol. The molecule has 1 aromatic rings. The van der Waals surface area contributed by atoms with Crippen molar-refractivity contribution in [2.75, 3.05) is 7.11 Å². The molecule has 0 fully saturated rings. The fourth-order valence-electron chi connectivity index (χ4n) is 1.02. The number of esters is 1. The minimum Gasteiger partial charge on any atom is -0.468 e. The molecule has 80 valence electrons. The Morgan fingerprint density at radius 3 is 2.75 bits per heavy atom. The lowest BCUT2D eigenvalue weighted by atomic mass is 10.1. The zero-order valence-electron chi connectivity index (χ0n) is 8.58. The van der Waals surface area contributed by atoms with E-state index in [4.69, 9.17) is 5.26 Å². The molecule has 0 saturated heterocycles. The SMILES string of the molecule is COC(=O)CC#Cc1cc(F)cc(C#N)c1. The molecule has 1 rings (SSSR count). The third kappa shape index (κ3) is 3.43. The van der Waals surface area contributed by atoms with E-state index in [9.17, 15) is 9.18 Å². The highest BCUT2D eigenvalue weighted by Gasteiger charge is 1.98. The smallest absolute Gasteiger partial charge is 0.317 e. The summed E-state index contributed by atoms with van der Waals surface area (Å²) in [4.78, 5) is 10.7. The number of carbonyl (C=O) groups is 1. The summed E-state index contributed by atoms with van der Waals surface area (Å²) < 4.78 is 17.3. The van der Waals surface area contributed by atoms with Gasteiger partial charge in [-0.2, -0.15) is 5.26 Å². The molecule has 0 bridgehead atoms. The first-order valence-electron chi connectivity index (χ1n) is 4.42. The van der Waals surface area contributed by atoms with Gasteiger partial charge in [-0.15, -0.1) is 0 Å². The van der Waals surface area contributed by atoms with Gasteiger partial charge in [-0.25, -0.2) is 4.39 Å². The molecule has 16 heavy (non-hydrogen) atoms. The largest absolute Gasteiger partial charge is 0.468 e. The third-order valence-corrected chi connectivity index (χ3v) is 1.72. The maximum Gasteiger partial charge on any atom is 0.317 e. The van der Waals surface area contributed by atoms with Gasteiger partial charge in [0.1, 0.15) is 12.2 Å². The van der Waals surface area contributed by atoms with E-state index in [1.54, 1.807) is 0 Å². The van der Waals surface area contributed by atoms with E-state index < -0.39 is 11.8 Å². The molecule has 0 aromatic heterocycles. The van der Waals surface area contributed by atoms with Crippen LogP contribution >= 0.6 is 0 Å². The van der Waals surface area contributed by atoms with Gasteiger partial charge in [0.2, 0.25) is 0 Å². The van der Waals surface area contributed by atoms with Gasteiger partial charge in [-0.3, -0.25) is 4.79 Å². The molecule has 0 spiro atoms. The summed E-state index contributed by atoms with van der Waals surface area (Å²) in [5, 5.41) is 8.60. The topological polar surface area (TPSA) is 50.1 Å². The van der Waals surface area contributed by atoms with Crippen LogP contribution in [0.4, 0.5) is 4.39 Å². The maximum atomic E-state index is 13.0. The Morgan fingerprint density at radius 2 is 2.12 bits per heavy atom. The van der Waals surface area contributed by atoms with Gasteiger partial charge in [0, 0.05) is 5.56 Å². The van der Waals surface area contributed by atoms with E-state index in [0.717, 1.165) is 6.07 Å². The number of benzene rings is 1. The summed E-state index contributed by atoms with van der Waals surface area (Å²) in [7, 11) is 1.26. The Balaban J connectivity index is 2.85. The van der Waals surface area contributed by atoms with E-state index in [0.29, 0.717) is 5.56 Å². The number of nitrogens with zero attached hydrogens (tertiary/aromatic N) is 1. The standard InChI is InChI=1S/C12H8FNO2/c1-16-12(15)4-2-3-9-5-10(8-14)7-11(13)6-9/h5-7H,4H2,1H3. The number of ether oxygens (including phenoxy) is 1. The van der Waals surface area contributed by atoms with E-state index in [2.05, 4.69) is 16.6 Å². The lowest BCUT2D eigenvalue weighted by Crippen LogP contribution is -1.97. The summed E-state index contributed by atoms with van der Waals surface area (Å²) in [5.74, 6) is 4.13. The molecule has 3 nitrogen and oxygen atoms in total. The Bertz CT molecular complexity index is 506. The summed E-state index contributed by atoms with van der Waals surface area (Å²) in [6.45, 7) is 0. The van der Waals surface area contributed by atoms with Gasteiger partial charge in [-0.1, -0.05) is 11.8 Å². The second kappa shape index (κ2) is 5.53. The van der Waals surface area contributed by atoms with Crippen molar-refractivity contribution in [3.05, 3.63) is 35.1 Å². The van der Waals surface area contributed by atoms with E-state index in [-0.39, 0.29) is 12.0 Å². The molecule has 0 N–H and O–H groups in total.